The zero-order valence-corrected chi connectivity index (χ0v) is 13.6. The molecule has 0 aromatic carbocycles. The Kier molecular flexibility index (Phi) is 4.61. The maximum absolute atomic E-state index is 4.95. The molecule has 3 rings (SSSR count). The number of aromatic nitrogens is 1. The first-order chi connectivity index (χ1) is 9.81. The summed E-state index contributed by atoms with van der Waals surface area (Å²) in [4.78, 5) is 8.98. The SMILES string of the molecule is CCCC1CCN(c2nc3c(s2)C(NC)CCC3)CC1. The van der Waals surface area contributed by atoms with Gasteiger partial charge in [-0.25, -0.2) is 4.98 Å². The topological polar surface area (TPSA) is 28.2 Å². The summed E-state index contributed by atoms with van der Waals surface area (Å²) in [6, 6.07) is 0.544. The Morgan fingerprint density at radius 1 is 1.30 bits per heavy atom. The highest BCUT2D eigenvalue weighted by atomic mass is 32.1. The molecule has 4 heteroatoms. The lowest BCUT2D eigenvalue weighted by atomic mass is 9.93. The molecule has 0 saturated carbocycles. The van der Waals surface area contributed by atoms with Gasteiger partial charge in [0.05, 0.1) is 5.69 Å². The largest absolute Gasteiger partial charge is 0.348 e. The highest BCUT2D eigenvalue weighted by molar-refractivity contribution is 7.15. The van der Waals surface area contributed by atoms with Gasteiger partial charge in [0.25, 0.3) is 0 Å². The number of anilines is 1. The van der Waals surface area contributed by atoms with Gasteiger partial charge in [0.15, 0.2) is 5.13 Å². The number of hydrogen-bond acceptors (Lipinski definition) is 4. The molecule has 1 aromatic heterocycles. The fourth-order valence-corrected chi connectivity index (χ4v) is 4.95. The van der Waals surface area contributed by atoms with Gasteiger partial charge in [0, 0.05) is 24.0 Å². The Morgan fingerprint density at radius 2 is 2.10 bits per heavy atom. The average molecular weight is 293 g/mol. The van der Waals surface area contributed by atoms with Gasteiger partial charge in [-0.05, 0) is 45.1 Å². The van der Waals surface area contributed by atoms with Crippen LogP contribution in [-0.4, -0.2) is 25.1 Å². The molecule has 2 aliphatic rings. The molecule has 1 fully saturated rings. The van der Waals surface area contributed by atoms with Crippen molar-refractivity contribution >= 4 is 16.5 Å². The number of hydrogen-bond donors (Lipinski definition) is 1. The molecule has 1 atom stereocenters. The van der Waals surface area contributed by atoms with Crippen LogP contribution in [0.5, 0.6) is 0 Å². The van der Waals surface area contributed by atoms with Crippen molar-refractivity contribution in [3.8, 4) is 0 Å². The molecule has 3 nitrogen and oxygen atoms in total. The van der Waals surface area contributed by atoms with Gasteiger partial charge in [-0.15, -0.1) is 0 Å². The van der Waals surface area contributed by atoms with Crippen LogP contribution < -0.4 is 10.2 Å². The lowest BCUT2D eigenvalue weighted by Crippen LogP contribution is -2.33. The molecular weight excluding hydrogens is 266 g/mol. The van der Waals surface area contributed by atoms with Gasteiger partial charge in [-0.2, -0.15) is 0 Å². The van der Waals surface area contributed by atoms with E-state index >= 15 is 0 Å². The van der Waals surface area contributed by atoms with Crippen LogP contribution in [0.4, 0.5) is 5.13 Å². The zero-order chi connectivity index (χ0) is 13.9. The number of nitrogens with zero attached hydrogens (tertiary/aromatic N) is 2. The van der Waals surface area contributed by atoms with Gasteiger partial charge in [-0.1, -0.05) is 31.1 Å². The van der Waals surface area contributed by atoms with E-state index in [1.165, 1.54) is 73.7 Å². The molecule has 1 unspecified atom stereocenters. The van der Waals surface area contributed by atoms with E-state index in [0.717, 1.165) is 5.92 Å². The third-order valence-corrected chi connectivity index (χ3v) is 6.14. The summed E-state index contributed by atoms with van der Waals surface area (Å²) in [6.07, 6.45) is 9.17. The summed E-state index contributed by atoms with van der Waals surface area (Å²) in [6.45, 7) is 4.72. The Bertz CT molecular complexity index is 435. The molecule has 0 radical (unpaired) electrons. The normalized spacial score (nSPS) is 23.9. The predicted molar refractivity (Wildman–Crippen MR) is 86.7 cm³/mol. The molecule has 0 amide bonds. The fourth-order valence-electron chi connectivity index (χ4n) is 3.64. The first-order valence-corrected chi connectivity index (χ1v) is 9.05. The molecule has 112 valence electrons. The van der Waals surface area contributed by atoms with Crippen LogP contribution in [0.3, 0.4) is 0 Å². The monoisotopic (exact) mass is 293 g/mol. The fraction of sp³-hybridized carbons (Fsp3) is 0.812. The van der Waals surface area contributed by atoms with Crippen molar-refractivity contribution in [2.75, 3.05) is 25.0 Å². The summed E-state index contributed by atoms with van der Waals surface area (Å²) < 4.78 is 0. The first-order valence-electron chi connectivity index (χ1n) is 8.23. The van der Waals surface area contributed by atoms with Gasteiger partial charge < -0.3 is 10.2 Å². The number of thiazole rings is 1. The third-order valence-electron chi connectivity index (χ3n) is 4.87. The van der Waals surface area contributed by atoms with E-state index in [1.807, 2.05) is 11.3 Å². The van der Waals surface area contributed by atoms with Crippen molar-refractivity contribution in [1.82, 2.24) is 10.3 Å². The van der Waals surface area contributed by atoms with Crippen LogP contribution in [0.2, 0.25) is 0 Å². The van der Waals surface area contributed by atoms with Gasteiger partial charge in [0.2, 0.25) is 0 Å². The number of rotatable bonds is 4. The van der Waals surface area contributed by atoms with Crippen LogP contribution in [0.1, 0.15) is 62.1 Å². The smallest absolute Gasteiger partial charge is 0.185 e. The summed E-state index contributed by atoms with van der Waals surface area (Å²) >= 11 is 1.94. The minimum atomic E-state index is 0.544. The number of piperidine rings is 1. The standard InChI is InChI=1S/C16H27N3S/c1-3-5-12-8-10-19(11-9-12)16-18-14-7-4-6-13(17-2)15(14)20-16/h12-13,17H,3-11H2,1-2H3. The van der Waals surface area contributed by atoms with Crippen molar-refractivity contribution in [3.63, 3.8) is 0 Å². The average Bonchev–Trinajstić information content (AvgIpc) is 2.92. The van der Waals surface area contributed by atoms with Crippen LogP contribution in [0.25, 0.3) is 0 Å². The second-order valence-electron chi connectivity index (χ2n) is 6.26. The molecule has 2 heterocycles. The van der Waals surface area contributed by atoms with Crippen LogP contribution >= 0.6 is 11.3 Å². The summed E-state index contributed by atoms with van der Waals surface area (Å²) in [5, 5.41) is 4.74. The summed E-state index contributed by atoms with van der Waals surface area (Å²) in [5.41, 5.74) is 1.37. The van der Waals surface area contributed by atoms with Crippen molar-refractivity contribution in [2.45, 2.75) is 57.9 Å². The van der Waals surface area contributed by atoms with Crippen LogP contribution in [0.15, 0.2) is 0 Å². The van der Waals surface area contributed by atoms with E-state index in [4.69, 9.17) is 4.98 Å². The highest BCUT2D eigenvalue weighted by Crippen LogP contribution is 2.38. The number of aryl methyl sites for hydroxylation is 1. The molecule has 1 aromatic rings. The van der Waals surface area contributed by atoms with E-state index < -0.39 is 0 Å². The third kappa shape index (κ3) is 2.86. The summed E-state index contributed by atoms with van der Waals surface area (Å²) in [5.74, 6) is 0.955. The lowest BCUT2D eigenvalue weighted by Gasteiger charge is -2.31. The maximum atomic E-state index is 4.95. The Balaban J connectivity index is 1.68. The molecule has 0 spiro atoms. The van der Waals surface area contributed by atoms with Crippen molar-refractivity contribution in [1.29, 1.82) is 0 Å². The molecule has 1 aliphatic carbocycles. The van der Waals surface area contributed by atoms with E-state index in [-0.39, 0.29) is 0 Å². The Morgan fingerprint density at radius 3 is 2.80 bits per heavy atom. The van der Waals surface area contributed by atoms with Crippen LogP contribution in [-0.2, 0) is 6.42 Å². The maximum Gasteiger partial charge on any atom is 0.185 e. The van der Waals surface area contributed by atoms with E-state index in [9.17, 15) is 0 Å². The molecule has 1 aliphatic heterocycles. The van der Waals surface area contributed by atoms with Gasteiger partial charge >= 0.3 is 0 Å². The molecular formula is C16H27N3S. The lowest BCUT2D eigenvalue weighted by molar-refractivity contribution is 0.378. The molecule has 20 heavy (non-hydrogen) atoms. The second kappa shape index (κ2) is 6.44. The van der Waals surface area contributed by atoms with Crippen molar-refractivity contribution < 1.29 is 0 Å². The number of nitrogens with one attached hydrogen (secondary N) is 1. The van der Waals surface area contributed by atoms with Gasteiger partial charge in [-0.3, -0.25) is 0 Å². The second-order valence-corrected chi connectivity index (χ2v) is 7.27. The molecule has 0 bridgehead atoms. The zero-order valence-electron chi connectivity index (χ0n) is 12.8. The van der Waals surface area contributed by atoms with E-state index in [2.05, 4.69) is 24.2 Å². The van der Waals surface area contributed by atoms with Crippen molar-refractivity contribution in [2.24, 2.45) is 5.92 Å². The van der Waals surface area contributed by atoms with Crippen LogP contribution in [0, 0.1) is 5.92 Å². The van der Waals surface area contributed by atoms with E-state index in [0.29, 0.717) is 6.04 Å². The molecule has 1 saturated heterocycles. The summed E-state index contributed by atoms with van der Waals surface area (Å²) in [7, 11) is 2.08. The quantitative estimate of drug-likeness (QED) is 0.916. The highest BCUT2D eigenvalue weighted by Gasteiger charge is 2.26. The van der Waals surface area contributed by atoms with Gasteiger partial charge in [0.1, 0.15) is 0 Å². The Hall–Kier alpha value is -0.610. The van der Waals surface area contributed by atoms with Crippen molar-refractivity contribution in [3.05, 3.63) is 10.6 Å². The number of fused-ring (bicyclic) bond motifs is 1. The predicted octanol–water partition coefficient (Wildman–Crippen LogP) is 3.76. The van der Waals surface area contributed by atoms with E-state index in [1.54, 1.807) is 0 Å². The minimum absolute atomic E-state index is 0.544. The Labute approximate surface area is 126 Å². The molecule has 1 N–H and O–H groups in total. The minimum Gasteiger partial charge on any atom is -0.348 e. The first kappa shape index (κ1) is 14.3.